The molecule has 0 N–H and O–H groups in total. The molecule has 1 rings (SSSR count). The van der Waals surface area contributed by atoms with Gasteiger partial charge in [0.25, 0.3) is 5.95 Å². The van der Waals surface area contributed by atoms with Gasteiger partial charge in [-0.1, -0.05) is 0 Å². The first-order valence-electron chi connectivity index (χ1n) is 2.52. The van der Waals surface area contributed by atoms with Gasteiger partial charge in [-0.3, -0.25) is 0 Å². The zero-order chi connectivity index (χ0) is 7.40. The quantitative estimate of drug-likeness (QED) is 0.380. The van der Waals surface area contributed by atoms with Gasteiger partial charge >= 0.3 is 0 Å². The van der Waals surface area contributed by atoms with Crippen LogP contribution in [0.4, 0.5) is 5.95 Å². The summed E-state index contributed by atoms with van der Waals surface area (Å²) in [5.41, 5.74) is 0. The van der Waals surface area contributed by atoms with Crippen molar-refractivity contribution in [1.82, 2.24) is 9.97 Å². The van der Waals surface area contributed by atoms with Crippen LogP contribution in [-0.4, -0.2) is 14.3 Å². The van der Waals surface area contributed by atoms with E-state index in [0.29, 0.717) is 10.3 Å². The van der Waals surface area contributed by atoms with Crippen LogP contribution in [0.1, 0.15) is 0 Å². The smallest absolute Gasteiger partial charge is 0.220 e. The molecule has 0 aliphatic carbocycles. The van der Waals surface area contributed by atoms with E-state index in [-0.39, 0.29) is 0 Å². The Kier molecular flexibility index (Phi) is 2.70. The Morgan fingerprint density at radius 3 is 2.40 bits per heavy atom. The van der Waals surface area contributed by atoms with Crippen molar-refractivity contribution in [3.8, 4) is 0 Å². The molecule has 0 fully saturated rings. The van der Waals surface area contributed by atoms with Crippen LogP contribution in [-0.2, 0) is 0 Å². The van der Waals surface area contributed by atoms with Crippen molar-refractivity contribution in [2.75, 3.05) is 0 Å². The molecular formula is C5H5N3S2. The van der Waals surface area contributed by atoms with E-state index in [0.717, 1.165) is 0 Å². The van der Waals surface area contributed by atoms with Gasteiger partial charge in [0.2, 0.25) is 0 Å². The van der Waals surface area contributed by atoms with Gasteiger partial charge in [0.05, 0.1) is 0 Å². The van der Waals surface area contributed by atoms with Crippen molar-refractivity contribution in [2.24, 2.45) is 4.99 Å². The van der Waals surface area contributed by atoms with Crippen molar-refractivity contribution in [2.45, 2.75) is 0 Å². The lowest BCUT2D eigenvalue weighted by Gasteiger charge is -1.87. The molecule has 0 saturated heterocycles. The fraction of sp³-hybridized carbons (Fsp3) is 0. The lowest BCUT2D eigenvalue weighted by atomic mass is 10.7. The Labute approximate surface area is 69.4 Å². The highest BCUT2D eigenvalue weighted by Crippen LogP contribution is 2.03. The Balaban J connectivity index is 2.87. The van der Waals surface area contributed by atoms with Gasteiger partial charge < -0.3 is 0 Å². The Morgan fingerprint density at radius 2 is 1.90 bits per heavy atom. The first-order valence-corrected chi connectivity index (χ1v) is 3.42. The van der Waals surface area contributed by atoms with E-state index in [1.807, 2.05) is 0 Å². The van der Waals surface area contributed by atoms with Crippen molar-refractivity contribution < 1.29 is 0 Å². The van der Waals surface area contributed by atoms with Crippen LogP contribution in [0, 0.1) is 0 Å². The monoisotopic (exact) mass is 171 g/mol. The number of nitrogens with zero attached hydrogens (tertiary/aromatic N) is 3. The standard InChI is InChI=1S/C5H5N3S2/c9-5(10)8-4-6-2-1-3-7-4/h1-3H,(H2,6,7,8,9,10). The maximum absolute atomic E-state index is 3.84. The summed E-state index contributed by atoms with van der Waals surface area (Å²) in [6.45, 7) is 0. The van der Waals surface area contributed by atoms with E-state index in [2.05, 4.69) is 40.2 Å². The van der Waals surface area contributed by atoms with Crippen LogP contribution in [0.5, 0.6) is 0 Å². The van der Waals surface area contributed by atoms with Crippen molar-refractivity contribution in [3.05, 3.63) is 18.5 Å². The molecule has 0 saturated carbocycles. The summed E-state index contributed by atoms with van der Waals surface area (Å²) in [6, 6.07) is 1.72. The number of aliphatic imine (C=N–C) groups is 1. The molecule has 3 nitrogen and oxygen atoms in total. The van der Waals surface area contributed by atoms with E-state index >= 15 is 0 Å². The number of rotatable bonds is 1. The molecule has 0 atom stereocenters. The van der Waals surface area contributed by atoms with Crippen molar-refractivity contribution in [3.63, 3.8) is 0 Å². The third-order valence-electron chi connectivity index (χ3n) is 0.752. The highest BCUT2D eigenvalue weighted by atomic mass is 32.2. The number of hydrogen-bond acceptors (Lipinski definition) is 3. The molecule has 0 radical (unpaired) electrons. The van der Waals surface area contributed by atoms with Crippen molar-refractivity contribution >= 4 is 35.6 Å². The number of thiol groups is 2. The van der Waals surface area contributed by atoms with E-state index < -0.39 is 0 Å². The molecule has 0 bridgehead atoms. The first kappa shape index (κ1) is 7.56. The fourth-order valence-corrected chi connectivity index (χ4v) is 0.617. The van der Waals surface area contributed by atoms with Crippen LogP contribution in [0.3, 0.4) is 0 Å². The third-order valence-corrected chi connectivity index (χ3v) is 0.952. The fourth-order valence-electron chi connectivity index (χ4n) is 0.438. The average molecular weight is 171 g/mol. The molecule has 10 heavy (non-hydrogen) atoms. The highest BCUT2D eigenvalue weighted by Gasteiger charge is 1.87. The molecule has 1 heterocycles. The summed E-state index contributed by atoms with van der Waals surface area (Å²) in [4.78, 5) is 11.4. The SMILES string of the molecule is SC(S)=Nc1ncccn1. The zero-order valence-corrected chi connectivity index (χ0v) is 6.76. The second-order valence-corrected chi connectivity index (χ2v) is 2.66. The summed E-state index contributed by atoms with van der Waals surface area (Å²) in [5.74, 6) is 0.377. The second kappa shape index (κ2) is 3.58. The van der Waals surface area contributed by atoms with Gasteiger partial charge in [-0.25, -0.2) is 9.97 Å². The van der Waals surface area contributed by atoms with Gasteiger partial charge in [0, 0.05) is 12.4 Å². The lowest BCUT2D eigenvalue weighted by Crippen LogP contribution is -1.78. The minimum Gasteiger partial charge on any atom is -0.220 e. The van der Waals surface area contributed by atoms with Gasteiger partial charge in [-0.2, -0.15) is 4.99 Å². The zero-order valence-electron chi connectivity index (χ0n) is 4.97. The van der Waals surface area contributed by atoms with Gasteiger partial charge in [0.15, 0.2) is 0 Å². The third kappa shape index (κ3) is 2.36. The van der Waals surface area contributed by atoms with Crippen LogP contribution in [0.25, 0.3) is 0 Å². The Morgan fingerprint density at radius 1 is 1.30 bits per heavy atom. The van der Waals surface area contributed by atoms with Crippen LogP contribution in [0.15, 0.2) is 23.5 Å². The summed E-state index contributed by atoms with van der Waals surface area (Å²) < 4.78 is 0.353. The van der Waals surface area contributed by atoms with Crippen LogP contribution in [0.2, 0.25) is 0 Å². The predicted molar refractivity (Wildman–Crippen MR) is 47.1 cm³/mol. The van der Waals surface area contributed by atoms with Crippen LogP contribution >= 0.6 is 25.3 Å². The molecule has 1 aromatic rings. The van der Waals surface area contributed by atoms with Gasteiger partial charge in [-0.15, -0.1) is 25.3 Å². The maximum atomic E-state index is 3.84. The van der Waals surface area contributed by atoms with E-state index in [4.69, 9.17) is 0 Å². The van der Waals surface area contributed by atoms with Gasteiger partial charge in [0.1, 0.15) is 4.38 Å². The molecule has 52 valence electrons. The average Bonchev–Trinajstić information content (AvgIpc) is 1.88. The second-order valence-electron chi connectivity index (χ2n) is 1.46. The highest BCUT2D eigenvalue weighted by molar-refractivity contribution is 8.23. The largest absolute Gasteiger partial charge is 0.250 e. The molecule has 5 heteroatoms. The Bertz CT molecular complexity index is 230. The minimum absolute atomic E-state index is 0.353. The normalized spacial score (nSPS) is 9.00. The molecule has 0 aliphatic heterocycles. The van der Waals surface area contributed by atoms with E-state index in [1.54, 1.807) is 18.5 Å². The number of aromatic nitrogens is 2. The van der Waals surface area contributed by atoms with Crippen LogP contribution < -0.4 is 0 Å². The maximum Gasteiger partial charge on any atom is 0.250 e. The molecule has 0 amide bonds. The summed E-state index contributed by atoms with van der Waals surface area (Å²) in [7, 11) is 0. The van der Waals surface area contributed by atoms with E-state index in [9.17, 15) is 0 Å². The summed E-state index contributed by atoms with van der Waals surface area (Å²) >= 11 is 7.69. The van der Waals surface area contributed by atoms with E-state index in [1.165, 1.54) is 0 Å². The minimum atomic E-state index is 0.353. The first-order chi connectivity index (χ1) is 4.79. The van der Waals surface area contributed by atoms with Gasteiger partial charge in [-0.05, 0) is 6.07 Å². The molecule has 0 unspecified atom stereocenters. The topological polar surface area (TPSA) is 38.1 Å². The lowest BCUT2D eigenvalue weighted by molar-refractivity contribution is 1.14. The summed E-state index contributed by atoms with van der Waals surface area (Å²) in [6.07, 6.45) is 3.21. The molecule has 1 aromatic heterocycles. The Hall–Kier alpha value is -0.550. The molecule has 0 aromatic carbocycles. The predicted octanol–water partition coefficient (Wildman–Crippen LogP) is 1.32. The molecule has 0 spiro atoms. The molecule has 0 aliphatic rings. The molecular weight excluding hydrogens is 166 g/mol. The number of hydrogen-bond donors (Lipinski definition) is 2. The summed E-state index contributed by atoms with van der Waals surface area (Å²) in [5, 5.41) is 0. The van der Waals surface area contributed by atoms with Crippen molar-refractivity contribution in [1.29, 1.82) is 0 Å².